The Labute approximate surface area is 172 Å². The van der Waals surface area contributed by atoms with Crippen LogP contribution in [0.4, 0.5) is 10.5 Å². The number of benzene rings is 2. The molecule has 0 saturated carbocycles. The Morgan fingerprint density at radius 3 is 2.28 bits per heavy atom. The molecule has 1 aromatic heterocycles. The Balaban J connectivity index is 1.57. The van der Waals surface area contributed by atoms with E-state index in [0.717, 1.165) is 5.56 Å². The molecule has 1 heterocycles. The van der Waals surface area contributed by atoms with Gasteiger partial charge in [-0.2, -0.15) is 0 Å². The van der Waals surface area contributed by atoms with Gasteiger partial charge in [-0.05, 0) is 17.7 Å². The van der Waals surface area contributed by atoms with Gasteiger partial charge in [-0.1, -0.05) is 23.5 Å². The second-order valence-corrected chi connectivity index (χ2v) is 6.62. The van der Waals surface area contributed by atoms with Crippen molar-refractivity contribution in [1.82, 2.24) is 10.3 Å². The average Bonchev–Trinajstić information content (AvgIpc) is 3.25. The molecule has 0 aliphatic rings. The third-order valence-electron chi connectivity index (χ3n) is 3.91. The van der Waals surface area contributed by atoms with E-state index in [4.69, 9.17) is 18.9 Å². The zero-order valence-corrected chi connectivity index (χ0v) is 17.0. The second kappa shape index (κ2) is 9.65. The van der Waals surface area contributed by atoms with E-state index < -0.39 is 0 Å². The molecule has 0 unspecified atom stereocenters. The molecule has 8 nitrogen and oxygen atoms in total. The fourth-order valence-corrected chi connectivity index (χ4v) is 3.05. The van der Waals surface area contributed by atoms with Gasteiger partial charge in [0.25, 0.3) is 5.19 Å². The molecule has 0 saturated heterocycles. The molecule has 2 aromatic carbocycles. The van der Waals surface area contributed by atoms with E-state index in [1.807, 2.05) is 29.6 Å². The summed E-state index contributed by atoms with van der Waals surface area (Å²) in [6, 6.07) is 10.4. The normalized spacial score (nSPS) is 10.2. The van der Waals surface area contributed by atoms with Gasteiger partial charge in [0.15, 0.2) is 11.5 Å². The molecular formula is C20H21N3O5S. The Bertz CT molecular complexity index is 920. The van der Waals surface area contributed by atoms with Gasteiger partial charge in [-0.25, -0.2) is 9.78 Å². The van der Waals surface area contributed by atoms with Crippen molar-refractivity contribution < 1.29 is 23.7 Å². The third-order valence-corrected chi connectivity index (χ3v) is 4.56. The van der Waals surface area contributed by atoms with Crippen molar-refractivity contribution in [2.24, 2.45) is 0 Å². The van der Waals surface area contributed by atoms with E-state index in [9.17, 15) is 4.79 Å². The first-order valence-electron chi connectivity index (χ1n) is 8.64. The molecule has 0 aliphatic carbocycles. The van der Waals surface area contributed by atoms with Crippen molar-refractivity contribution in [3.63, 3.8) is 0 Å². The summed E-state index contributed by atoms with van der Waals surface area (Å²) in [5, 5.41) is 7.99. The van der Waals surface area contributed by atoms with Crippen LogP contribution in [0.1, 0.15) is 5.56 Å². The predicted molar refractivity (Wildman–Crippen MR) is 111 cm³/mol. The predicted octanol–water partition coefficient (Wildman–Crippen LogP) is 4.28. The van der Waals surface area contributed by atoms with Gasteiger partial charge in [-0.3, -0.25) is 0 Å². The maximum atomic E-state index is 12.3. The highest BCUT2D eigenvalue weighted by Crippen LogP contribution is 2.39. The van der Waals surface area contributed by atoms with Crippen molar-refractivity contribution in [3.05, 3.63) is 53.5 Å². The number of carbonyl (C=O) groups is 1. The fourth-order valence-electron chi connectivity index (χ4n) is 2.55. The lowest BCUT2D eigenvalue weighted by Gasteiger charge is -2.15. The number of ether oxygens (including phenoxy) is 4. The maximum absolute atomic E-state index is 12.3. The van der Waals surface area contributed by atoms with Gasteiger partial charge in [0.05, 0.1) is 27.0 Å². The SMILES string of the molecule is COc1cc(NC(=O)NCc2ccc(Oc3nccs3)cc2)cc(OC)c1OC. The summed E-state index contributed by atoms with van der Waals surface area (Å²) in [4.78, 5) is 16.3. The number of rotatable bonds is 8. The van der Waals surface area contributed by atoms with Crippen LogP contribution in [-0.4, -0.2) is 32.3 Å². The van der Waals surface area contributed by atoms with Crippen LogP contribution in [0.2, 0.25) is 0 Å². The monoisotopic (exact) mass is 415 g/mol. The number of nitrogens with zero attached hydrogens (tertiary/aromatic N) is 1. The lowest BCUT2D eigenvalue weighted by atomic mass is 10.2. The lowest BCUT2D eigenvalue weighted by molar-refractivity contribution is 0.251. The Morgan fingerprint density at radius 1 is 1.03 bits per heavy atom. The Hall–Kier alpha value is -3.46. The van der Waals surface area contributed by atoms with Crippen LogP contribution in [0.25, 0.3) is 0 Å². The molecule has 3 rings (SSSR count). The summed E-state index contributed by atoms with van der Waals surface area (Å²) in [7, 11) is 4.56. The number of urea groups is 1. The van der Waals surface area contributed by atoms with E-state index in [2.05, 4.69) is 15.6 Å². The number of nitrogens with one attached hydrogen (secondary N) is 2. The molecule has 0 aliphatic heterocycles. The molecule has 0 atom stereocenters. The van der Waals surface area contributed by atoms with E-state index in [1.54, 1.807) is 18.3 Å². The molecule has 2 N–H and O–H groups in total. The van der Waals surface area contributed by atoms with Crippen molar-refractivity contribution >= 4 is 23.1 Å². The number of amides is 2. The van der Waals surface area contributed by atoms with Crippen LogP contribution in [-0.2, 0) is 6.54 Å². The molecule has 9 heteroatoms. The molecule has 0 bridgehead atoms. The zero-order valence-electron chi connectivity index (χ0n) is 16.2. The van der Waals surface area contributed by atoms with Crippen LogP contribution in [0.3, 0.4) is 0 Å². The van der Waals surface area contributed by atoms with Gasteiger partial charge >= 0.3 is 6.03 Å². The second-order valence-electron chi connectivity index (χ2n) is 5.77. The smallest absolute Gasteiger partial charge is 0.319 e. The number of anilines is 1. The number of aromatic nitrogens is 1. The number of carbonyl (C=O) groups excluding carboxylic acids is 1. The molecule has 29 heavy (non-hydrogen) atoms. The minimum atomic E-state index is -0.359. The fraction of sp³-hybridized carbons (Fsp3) is 0.200. The average molecular weight is 415 g/mol. The molecule has 0 fully saturated rings. The lowest BCUT2D eigenvalue weighted by Crippen LogP contribution is -2.28. The molecule has 0 radical (unpaired) electrons. The summed E-state index contributed by atoms with van der Waals surface area (Å²) in [6.45, 7) is 0.355. The maximum Gasteiger partial charge on any atom is 0.319 e. The van der Waals surface area contributed by atoms with E-state index >= 15 is 0 Å². The van der Waals surface area contributed by atoms with Gasteiger partial charge in [-0.15, -0.1) is 0 Å². The van der Waals surface area contributed by atoms with Crippen LogP contribution in [0.15, 0.2) is 48.0 Å². The summed E-state index contributed by atoms with van der Waals surface area (Å²) < 4.78 is 21.5. The summed E-state index contributed by atoms with van der Waals surface area (Å²) >= 11 is 1.42. The quantitative estimate of drug-likeness (QED) is 0.571. The van der Waals surface area contributed by atoms with Gasteiger partial charge < -0.3 is 29.6 Å². The first kappa shape index (κ1) is 20.3. The first-order chi connectivity index (χ1) is 14.1. The van der Waals surface area contributed by atoms with Crippen LogP contribution >= 0.6 is 11.3 Å². The highest BCUT2D eigenvalue weighted by molar-refractivity contribution is 7.11. The largest absolute Gasteiger partial charge is 0.493 e. The summed E-state index contributed by atoms with van der Waals surface area (Å²) in [5.41, 5.74) is 1.45. The molecular weight excluding hydrogens is 394 g/mol. The van der Waals surface area contributed by atoms with Crippen molar-refractivity contribution in [3.8, 4) is 28.2 Å². The molecule has 152 valence electrons. The Morgan fingerprint density at radius 2 is 1.72 bits per heavy atom. The standard InChI is InChI=1S/C20H21N3O5S/c1-25-16-10-14(11-17(26-2)18(16)27-3)23-19(24)22-12-13-4-6-15(7-5-13)28-20-21-8-9-29-20/h4-11H,12H2,1-3H3,(H2,22,23,24). The van der Waals surface area contributed by atoms with Crippen molar-refractivity contribution in [2.45, 2.75) is 6.54 Å². The van der Waals surface area contributed by atoms with Crippen LogP contribution in [0.5, 0.6) is 28.2 Å². The first-order valence-corrected chi connectivity index (χ1v) is 9.52. The topological polar surface area (TPSA) is 90.9 Å². The molecule has 3 aromatic rings. The van der Waals surface area contributed by atoms with E-state index in [-0.39, 0.29) is 6.03 Å². The number of methoxy groups -OCH3 is 3. The van der Waals surface area contributed by atoms with E-state index in [1.165, 1.54) is 32.7 Å². The minimum Gasteiger partial charge on any atom is -0.493 e. The highest BCUT2D eigenvalue weighted by atomic mass is 32.1. The van der Waals surface area contributed by atoms with Crippen LogP contribution < -0.4 is 29.6 Å². The zero-order chi connectivity index (χ0) is 20.6. The minimum absolute atomic E-state index is 0.355. The van der Waals surface area contributed by atoms with Crippen molar-refractivity contribution in [2.75, 3.05) is 26.6 Å². The third kappa shape index (κ3) is 5.29. The van der Waals surface area contributed by atoms with E-state index in [0.29, 0.717) is 40.4 Å². The highest BCUT2D eigenvalue weighted by Gasteiger charge is 2.14. The van der Waals surface area contributed by atoms with Gasteiger partial charge in [0.2, 0.25) is 5.75 Å². The van der Waals surface area contributed by atoms with Gasteiger partial charge in [0, 0.05) is 30.3 Å². The summed E-state index contributed by atoms with van der Waals surface area (Å²) in [6.07, 6.45) is 1.69. The Kier molecular flexibility index (Phi) is 6.75. The van der Waals surface area contributed by atoms with Gasteiger partial charge in [0.1, 0.15) is 5.75 Å². The van der Waals surface area contributed by atoms with Crippen LogP contribution in [0, 0.1) is 0 Å². The number of hydrogen-bond donors (Lipinski definition) is 2. The molecule has 2 amide bonds. The molecule has 0 spiro atoms. The number of thiazole rings is 1. The summed E-state index contributed by atoms with van der Waals surface area (Å²) in [5.74, 6) is 2.06. The number of hydrogen-bond acceptors (Lipinski definition) is 7. The van der Waals surface area contributed by atoms with Crippen molar-refractivity contribution in [1.29, 1.82) is 0 Å².